The minimum atomic E-state index is -0.439. The van der Waals surface area contributed by atoms with E-state index in [1.54, 1.807) is 6.07 Å². The molecule has 0 amide bonds. The summed E-state index contributed by atoms with van der Waals surface area (Å²) in [5, 5.41) is 11.8. The average Bonchev–Trinajstić information content (AvgIpc) is 3.24. The summed E-state index contributed by atoms with van der Waals surface area (Å²) in [5.41, 5.74) is 5.19. The second-order valence-corrected chi connectivity index (χ2v) is 10.8. The summed E-state index contributed by atoms with van der Waals surface area (Å²) in [6.07, 6.45) is 4.90. The van der Waals surface area contributed by atoms with Crippen molar-refractivity contribution in [2.45, 2.75) is 44.6 Å². The van der Waals surface area contributed by atoms with Crippen molar-refractivity contribution in [2.24, 2.45) is 4.99 Å². The van der Waals surface area contributed by atoms with E-state index in [9.17, 15) is 14.7 Å². The number of esters is 1. The highest BCUT2D eigenvalue weighted by Gasteiger charge is 2.38. The summed E-state index contributed by atoms with van der Waals surface area (Å²) in [7, 11) is 5.55. The maximum absolute atomic E-state index is 13.0. The molecule has 0 aliphatic heterocycles. The van der Waals surface area contributed by atoms with Crippen LogP contribution < -0.4 is 0 Å². The van der Waals surface area contributed by atoms with Crippen LogP contribution in [0, 0.1) is 6.92 Å². The second kappa shape index (κ2) is 11.1. The van der Waals surface area contributed by atoms with E-state index in [4.69, 9.17) is 9.73 Å². The zero-order valence-electron chi connectivity index (χ0n) is 23.5. The van der Waals surface area contributed by atoms with Gasteiger partial charge in [-0.2, -0.15) is 0 Å². The molecule has 0 bridgehead atoms. The van der Waals surface area contributed by atoms with Crippen LogP contribution in [0.2, 0.25) is 0 Å². The first-order valence-corrected chi connectivity index (χ1v) is 13.6. The molecule has 0 saturated heterocycles. The largest absolute Gasteiger partial charge is 0.494 e. The molecule has 1 fully saturated rings. The molecule has 1 aliphatic rings. The van der Waals surface area contributed by atoms with Crippen molar-refractivity contribution in [1.82, 2.24) is 9.88 Å². The molecule has 1 heterocycles. The Morgan fingerprint density at radius 3 is 2.33 bits per heavy atom. The van der Waals surface area contributed by atoms with Crippen LogP contribution >= 0.6 is 0 Å². The van der Waals surface area contributed by atoms with Crippen LogP contribution in [0.5, 0.6) is 5.88 Å². The summed E-state index contributed by atoms with van der Waals surface area (Å²) in [4.78, 5) is 35.4. The molecule has 1 aliphatic carbocycles. The van der Waals surface area contributed by atoms with E-state index >= 15 is 0 Å². The highest BCUT2D eigenvalue weighted by molar-refractivity contribution is 6.22. The second-order valence-electron chi connectivity index (χ2n) is 10.8. The number of aromatic hydroxyl groups is 1. The number of methoxy groups -OCH3 is 1. The van der Waals surface area contributed by atoms with Crippen molar-refractivity contribution in [3.8, 4) is 5.88 Å². The fraction of sp³-hybridized carbons (Fsp3) is 0.303. The molecule has 0 spiro atoms. The van der Waals surface area contributed by atoms with Gasteiger partial charge in [-0.05, 0) is 88.7 Å². The first-order valence-electron chi connectivity index (χ1n) is 13.6. The maximum Gasteiger partial charge on any atom is 0.338 e. The van der Waals surface area contributed by atoms with Crippen molar-refractivity contribution >= 4 is 34.1 Å². The molecule has 0 unspecified atom stereocenters. The van der Waals surface area contributed by atoms with Crippen molar-refractivity contribution in [1.29, 1.82) is 0 Å². The number of aromatic amines is 1. The van der Waals surface area contributed by atoms with Crippen LogP contribution in [0.3, 0.4) is 0 Å². The van der Waals surface area contributed by atoms with Gasteiger partial charge in [-0.1, -0.05) is 30.3 Å². The van der Waals surface area contributed by atoms with Gasteiger partial charge in [0, 0.05) is 34.0 Å². The number of H-pyrrole nitrogens is 1. The van der Waals surface area contributed by atoms with E-state index in [0.717, 1.165) is 35.8 Å². The van der Waals surface area contributed by atoms with Gasteiger partial charge in [0.2, 0.25) is 0 Å². The molecule has 5 rings (SSSR count). The minimum Gasteiger partial charge on any atom is -0.494 e. The Balaban J connectivity index is 1.49. The first-order chi connectivity index (χ1) is 19.2. The van der Waals surface area contributed by atoms with Gasteiger partial charge in [0.1, 0.15) is 0 Å². The molecule has 206 valence electrons. The molecule has 7 heteroatoms. The fourth-order valence-corrected chi connectivity index (χ4v) is 5.61. The Kier molecular flexibility index (Phi) is 7.59. The molecule has 3 aromatic carbocycles. The predicted molar refractivity (Wildman–Crippen MR) is 158 cm³/mol. The lowest BCUT2D eigenvalue weighted by Crippen LogP contribution is -2.50. The number of ketones is 1. The normalized spacial score (nSPS) is 14.8. The Morgan fingerprint density at radius 2 is 1.73 bits per heavy atom. The lowest BCUT2D eigenvalue weighted by atomic mass is 9.72. The Morgan fingerprint density at radius 1 is 1.02 bits per heavy atom. The Labute approximate surface area is 234 Å². The molecule has 4 aromatic rings. The summed E-state index contributed by atoms with van der Waals surface area (Å²) < 4.78 is 4.91. The van der Waals surface area contributed by atoms with Crippen LogP contribution in [0.25, 0.3) is 10.9 Å². The fourth-order valence-electron chi connectivity index (χ4n) is 5.61. The van der Waals surface area contributed by atoms with E-state index in [0.29, 0.717) is 40.0 Å². The highest BCUT2D eigenvalue weighted by atomic mass is 16.5. The van der Waals surface area contributed by atoms with Crippen molar-refractivity contribution < 1.29 is 19.4 Å². The number of aryl methyl sites for hydroxylation is 1. The number of benzene rings is 3. The number of carbonyl (C=O) groups excluding carboxylic acids is 2. The van der Waals surface area contributed by atoms with Gasteiger partial charge >= 0.3 is 5.97 Å². The molecular formula is C33H35N3O4. The molecule has 7 nitrogen and oxygen atoms in total. The summed E-state index contributed by atoms with van der Waals surface area (Å²) in [5.74, 6) is -0.346. The predicted octanol–water partition coefficient (Wildman–Crippen LogP) is 6.58. The first kappa shape index (κ1) is 27.3. The van der Waals surface area contributed by atoms with Gasteiger partial charge in [-0.25, -0.2) is 9.79 Å². The van der Waals surface area contributed by atoms with Crippen LogP contribution in [0.1, 0.15) is 69.5 Å². The number of rotatable bonds is 9. The maximum atomic E-state index is 13.0. The molecule has 2 N–H and O–H groups in total. The van der Waals surface area contributed by atoms with Gasteiger partial charge < -0.3 is 19.7 Å². The summed E-state index contributed by atoms with van der Waals surface area (Å²) in [6, 6.07) is 20.5. The van der Waals surface area contributed by atoms with Crippen molar-refractivity contribution in [3.05, 3.63) is 94.5 Å². The summed E-state index contributed by atoms with van der Waals surface area (Å²) >= 11 is 0. The molecular weight excluding hydrogens is 502 g/mol. The quantitative estimate of drug-likeness (QED) is 0.143. The smallest absolute Gasteiger partial charge is 0.338 e. The van der Waals surface area contributed by atoms with Crippen molar-refractivity contribution in [3.63, 3.8) is 0 Å². The number of Topliss-reactive ketones (excluding diaryl/α,β-unsaturated/α-hetero) is 1. The minimum absolute atomic E-state index is 0.0448. The number of hydrogen-bond acceptors (Lipinski definition) is 6. The Bertz CT molecular complexity index is 1580. The number of aromatic nitrogens is 1. The standard InChI is InChI=1S/C33H35N3O4/c1-21-19-26-27(20-25(21)32(39)40-4)35-31(38)29(26)30(23-9-6-5-7-10-23)34-24-13-11-22(12-14-24)28(37)15-18-33(36(2)3)16-8-17-33/h5-7,9-14,19-20,35,38H,8,15-18H2,1-4H3. The van der Waals surface area contributed by atoms with Gasteiger partial charge in [0.05, 0.1) is 29.6 Å². The van der Waals surface area contributed by atoms with Crippen LogP contribution in [-0.4, -0.2) is 59.2 Å². The lowest BCUT2D eigenvalue weighted by Gasteiger charge is -2.47. The van der Waals surface area contributed by atoms with Gasteiger partial charge in [0.25, 0.3) is 0 Å². The molecule has 1 saturated carbocycles. The van der Waals surface area contributed by atoms with Crippen LogP contribution in [-0.2, 0) is 4.74 Å². The van der Waals surface area contributed by atoms with E-state index < -0.39 is 5.97 Å². The third kappa shape index (κ3) is 5.17. The SMILES string of the molecule is COC(=O)c1cc2[nH]c(O)c(C(=Nc3ccc(C(=O)CCC4(N(C)C)CCC4)cc3)c3ccccc3)c2cc1C. The van der Waals surface area contributed by atoms with Crippen LogP contribution in [0.15, 0.2) is 71.7 Å². The van der Waals surface area contributed by atoms with Gasteiger partial charge in [0.15, 0.2) is 11.7 Å². The van der Waals surface area contributed by atoms with Crippen LogP contribution in [0.4, 0.5) is 5.69 Å². The number of hydrogen-bond donors (Lipinski definition) is 2. The number of ether oxygens (including phenoxy) is 1. The number of fused-ring (bicyclic) bond motifs is 1. The molecule has 1 aromatic heterocycles. The molecule has 40 heavy (non-hydrogen) atoms. The average molecular weight is 538 g/mol. The molecule has 0 atom stereocenters. The summed E-state index contributed by atoms with van der Waals surface area (Å²) in [6.45, 7) is 1.83. The van der Waals surface area contributed by atoms with E-state index in [-0.39, 0.29) is 17.2 Å². The number of nitrogens with zero attached hydrogens (tertiary/aromatic N) is 2. The van der Waals surface area contributed by atoms with E-state index in [1.165, 1.54) is 13.5 Å². The molecule has 0 radical (unpaired) electrons. The number of carbonyl (C=O) groups is 2. The van der Waals surface area contributed by atoms with E-state index in [2.05, 4.69) is 24.0 Å². The number of nitrogens with one attached hydrogen (secondary N) is 1. The monoisotopic (exact) mass is 537 g/mol. The Hall–Kier alpha value is -4.23. The third-order valence-electron chi connectivity index (χ3n) is 8.29. The lowest BCUT2D eigenvalue weighted by molar-refractivity contribution is 0.0474. The topological polar surface area (TPSA) is 95.0 Å². The number of aliphatic imine (C=N–C) groups is 1. The van der Waals surface area contributed by atoms with Gasteiger partial charge in [-0.3, -0.25) is 4.79 Å². The van der Waals surface area contributed by atoms with E-state index in [1.807, 2.05) is 67.6 Å². The zero-order chi connectivity index (χ0) is 28.4. The third-order valence-corrected chi connectivity index (χ3v) is 8.29. The van der Waals surface area contributed by atoms with Crippen molar-refractivity contribution in [2.75, 3.05) is 21.2 Å². The zero-order valence-corrected chi connectivity index (χ0v) is 23.5. The van der Waals surface area contributed by atoms with Gasteiger partial charge in [-0.15, -0.1) is 0 Å². The highest BCUT2D eigenvalue weighted by Crippen LogP contribution is 2.40.